The maximum absolute atomic E-state index is 12.8. The molecule has 2 rings (SSSR count). The summed E-state index contributed by atoms with van der Waals surface area (Å²) in [6.45, 7) is 0. The Morgan fingerprint density at radius 2 is 1.81 bits per heavy atom. The molecule has 4 nitrogen and oxygen atoms in total. The van der Waals surface area contributed by atoms with E-state index in [0.717, 1.165) is 12.1 Å². The minimum absolute atomic E-state index is 0.0512. The van der Waals surface area contributed by atoms with E-state index in [4.69, 9.17) is 0 Å². The van der Waals surface area contributed by atoms with Crippen molar-refractivity contribution in [1.29, 1.82) is 0 Å². The number of benzene rings is 1. The summed E-state index contributed by atoms with van der Waals surface area (Å²) in [6.07, 6.45) is -3.77. The van der Waals surface area contributed by atoms with Gasteiger partial charge in [-0.25, -0.2) is 0 Å². The van der Waals surface area contributed by atoms with Crippen molar-refractivity contribution in [2.75, 3.05) is 0 Å². The second-order valence-electron chi connectivity index (χ2n) is 4.44. The smallest absolute Gasteiger partial charge is 0.294 e. The van der Waals surface area contributed by atoms with Crippen molar-refractivity contribution in [3.8, 4) is 0 Å². The minimum Gasteiger partial charge on any atom is -0.294 e. The number of nitrogens with zero attached hydrogens (tertiary/aromatic N) is 2. The Labute approximate surface area is 118 Å². The minimum atomic E-state index is -4.64. The Bertz CT molecular complexity index is 690. The molecule has 0 radical (unpaired) electrons. The highest BCUT2D eigenvalue weighted by Gasteiger charge is 2.35. The molecule has 7 heteroatoms. The van der Waals surface area contributed by atoms with E-state index in [2.05, 4.69) is 5.10 Å². The zero-order valence-corrected chi connectivity index (χ0v) is 11.0. The largest absolute Gasteiger partial charge is 0.417 e. The molecular weight excluding hydrogens is 285 g/mol. The molecule has 21 heavy (non-hydrogen) atoms. The fourth-order valence-corrected chi connectivity index (χ4v) is 1.87. The first-order valence-electron chi connectivity index (χ1n) is 6.01. The van der Waals surface area contributed by atoms with Crippen LogP contribution >= 0.6 is 0 Å². The number of alkyl halides is 3. The van der Waals surface area contributed by atoms with Crippen LogP contribution in [0.5, 0.6) is 0 Å². The van der Waals surface area contributed by atoms with E-state index in [1.165, 1.54) is 29.1 Å². The third-order valence-electron chi connectivity index (χ3n) is 2.85. The zero-order chi connectivity index (χ0) is 15.6. The van der Waals surface area contributed by atoms with E-state index < -0.39 is 35.3 Å². The van der Waals surface area contributed by atoms with Gasteiger partial charge >= 0.3 is 6.18 Å². The number of hydrogen-bond acceptors (Lipinski definition) is 3. The van der Waals surface area contributed by atoms with E-state index in [0.29, 0.717) is 0 Å². The van der Waals surface area contributed by atoms with Gasteiger partial charge in [-0.1, -0.05) is 18.2 Å². The highest BCUT2D eigenvalue weighted by molar-refractivity contribution is 6.13. The molecule has 1 heterocycles. The maximum atomic E-state index is 12.8. The fourth-order valence-electron chi connectivity index (χ4n) is 1.87. The summed E-state index contributed by atoms with van der Waals surface area (Å²) in [5, 5.41) is 3.82. The van der Waals surface area contributed by atoms with Crippen LogP contribution in [0.15, 0.2) is 36.5 Å². The van der Waals surface area contributed by atoms with Gasteiger partial charge in [0.15, 0.2) is 11.6 Å². The van der Waals surface area contributed by atoms with Crippen LogP contribution in [0.2, 0.25) is 0 Å². The summed E-state index contributed by atoms with van der Waals surface area (Å²) >= 11 is 0. The van der Waals surface area contributed by atoms with Crippen LogP contribution < -0.4 is 0 Å². The first-order valence-corrected chi connectivity index (χ1v) is 6.01. The Morgan fingerprint density at radius 3 is 2.38 bits per heavy atom. The molecule has 0 fully saturated rings. The Balaban J connectivity index is 2.24. The van der Waals surface area contributed by atoms with Gasteiger partial charge in [0.1, 0.15) is 5.69 Å². The normalized spacial score (nSPS) is 11.4. The SMILES string of the molecule is Cn1ccc(C(=O)CC(=O)c2ccccc2C(F)(F)F)n1. The molecule has 0 unspecified atom stereocenters. The molecule has 1 aromatic heterocycles. The topological polar surface area (TPSA) is 52.0 Å². The van der Waals surface area contributed by atoms with Gasteiger partial charge in [-0.05, 0) is 12.1 Å². The van der Waals surface area contributed by atoms with E-state index in [-0.39, 0.29) is 5.69 Å². The second kappa shape index (κ2) is 5.51. The number of halogens is 3. The van der Waals surface area contributed by atoms with E-state index in [1.807, 2.05) is 0 Å². The molecule has 0 amide bonds. The van der Waals surface area contributed by atoms with Crippen LogP contribution in [0.3, 0.4) is 0 Å². The van der Waals surface area contributed by atoms with Crippen LogP contribution in [0.4, 0.5) is 13.2 Å². The van der Waals surface area contributed by atoms with Crippen LogP contribution in [0.25, 0.3) is 0 Å². The van der Waals surface area contributed by atoms with Gasteiger partial charge in [0.25, 0.3) is 0 Å². The number of aryl methyl sites for hydroxylation is 1. The number of rotatable bonds is 4. The Morgan fingerprint density at radius 1 is 1.14 bits per heavy atom. The van der Waals surface area contributed by atoms with Crippen molar-refractivity contribution in [2.45, 2.75) is 12.6 Å². The summed E-state index contributed by atoms with van der Waals surface area (Å²) in [6, 6.07) is 5.81. The molecular formula is C14H11F3N2O2. The maximum Gasteiger partial charge on any atom is 0.417 e. The average molecular weight is 296 g/mol. The summed E-state index contributed by atoms with van der Waals surface area (Å²) < 4.78 is 39.8. The molecule has 0 aliphatic heterocycles. The van der Waals surface area contributed by atoms with Gasteiger partial charge in [0.05, 0.1) is 12.0 Å². The molecule has 0 N–H and O–H groups in total. The number of aromatic nitrogens is 2. The lowest BCUT2D eigenvalue weighted by Gasteiger charge is -2.11. The summed E-state index contributed by atoms with van der Waals surface area (Å²) in [5.74, 6) is -1.49. The van der Waals surface area contributed by atoms with Crippen molar-refractivity contribution in [3.63, 3.8) is 0 Å². The first kappa shape index (κ1) is 15.0. The molecule has 0 atom stereocenters. The Kier molecular flexibility index (Phi) is 3.93. The first-order chi connectivity index (χ1) is 9.79. The lowest BCUT2D eigenvalue weighted by Crippen LogP contribution is -2.16. The monoisotopic (exact) mass is 296 g/mol. The fraction of sp³-hybridized carbons (Fsp3) is 0.214. The van der Waals surface area contributed by atoms with Crippen molar-refractivity contribution < 1.29 is 22.8 Å². The van der Waals surface area contributed by atoms with Crippen molar-refractivity contribution in [2.24, 2.45) is 7.05 Å². The van der Waals surface area contributed by atoms with Crippen LogP contribution in [0, 0.1) is 0 Å². The highest BCUT2D eigenvalue weighted by atomic mass is 19.4. The third-order valence-corrected chi connectivity index (χ3v) is 2.85. The second-order valence-corrected chi connectivity index (χ2v) is 4.44. The third kappa shape index (κ3) is 3.36. The van der Waals surface area contributed by atoms with Crippen LogP contribution in [0.1, 0.15) is 32.8 Å². The van der Waals surface area contributed by atoms with Gasteiger partial charge in [-0.15, -0.1) is 0 Å². The van der Waals surface area contributed by atoms with Gasteiger partial charge in [0.2, 0.25) is 0 Å². The highest BCUT2D eigenvalue weighted by Crippen LogP contribution is 2.32. The number of carbonyl (C=O) groups is 2. The van der Waals surface area contributed by atoms with Gasteiger partial charge in [-0.2, -0.15) is 18.3 Å². The molecule has 0 saturated carbocycles. The standard InChI is InChI=1S/C14H11F3N2O2/c1-19-7-6-11(18-19)13(21)8-12(20)9-4-2-3-5-10(9)14(15,16)17/h2-7H,8H2,1H3. The number of ketones is 2. The lowest BCUT2D eigenvalue weighted by atomic mass is 9.99. The van der Waals surface area contributed by atoms with Crippen LogP contribution in [-0.4, -0.2) is 21.3 Å². The predicted octanol–water partition coefficient (Wildman–Crippen LogP) is 2.89. The van der Waals surface area contributed by atoms with Crippen LogP contribution in [-0.2, 0) is 13.2 Å². The average Bonchev–Trinajstić information content (AvgIpc) is 2.84. The van der Waals surface area contributed by atoms with Gasteiger partial charge in [-0.3, -0.25) is 14.3 Å². The quantitative estimate of drug-likeness (QED) is 0.644. The molecule has 2 aromatic rings. The lowest BCUT2D eigenvalue weighted by molar-refractivity contribution is -0.137. The molecule has 0 aliphatic carbocycles. The van der Waals surface area contributed by atoms with Crippen molar-refractivity contribution in [3.05, 3.63) is 53.3 Å². The zero-order valence-electron chi connectivity index (χ0n) is 11.0. The number of Topliss-reactive ketones (excluding diaryl/α,β-unsaturated/α-hetero) is 2. The molecule has 0 bridgehead atoms. The Hall–Kier alpha value is -2.44. The van der Waals surface area contributed by atoms with E-state index in [1.54, 1.807) is 7.05 Å². The predicted molar refractivity (Wildman–Crippen MR) is 67.9 cm³/mol. The summed E-state index contributed by atoms with van der Waals surface area (Å²) in [4.78, 5) is 23.8. The summed E-state index contributed by atoms with van der Waals surface area (Å²) in [5.41, 5.74) is -1.49. The number of carbonyl (C=O) groups excluding carboxylic acids is 2. The van der Waals surface area contributed by atoms with Gasteiger partial charge in [0, 0.05) is 18.8 Å². The molecule has 0 aliphatic rings. The molecule has 0 saturated heterocycles. The van der Waals surface area contributed by atoms with E-state index >= 15 is 0 Å². The molecule has 110 valence electrons. The van der Waals surface area contributed by atoms with Gasteiger partial charge < -0.3 is 0 Å². The number of hydrogen-bond donors (Lipinski definition) is 0. The molecule has 0 spiro atoms. The van der Waals surface area contributed by atoms with Crippen molar-refractivity contribution in [1.82, 2.24) is 9.78 Å². The van der Waals surface area contributed by atoms with Crippen molar-refractivity contribution >= 4 is 11.6 Å². The molecule has 1 aromatic carbocycles. The summed E-state index contributed by atoms with van der Waals surface area (Å²) in [7, 11) is 1.59. The van der Waals surface area contributed by atoms with E-state index in [9.17, 15) is 22.8 Å².